The fourth-order valence-corrected chi connectivity index (χ4v) is 4.76. The number of rotatable bonds is 9. The van der Waals surface area contributed by atoms with Crippen molar-refractivity contribution in [1.29, 1.82) is 0 Å². The summed E-state index contributed by atoms with van der Waals surface area (Å²) in [7, 11) is -3.87. The first-order chi connectivity index (χ1) is 14.9. The normalized spacial score (nSPS) is 21.5. The summed E-state index contributed by atoms with van der Waals surface area (Å²) in [6.45, 7) is 0.0552. The zero-order chi connectivity index (χ0) is 22.3. The van der Waals surface area contributed by atoms with Gasteiger partial charge in [0.1, 0.15) is 5.82 Å². The maximum absolute atomic E-state index is 13.1. The first-order valence-electron chi connectivity index (χ1n) is 10.1. The van der Waals surface area contributed by atoms with Crippen molar-refractivity contribution in [3.8, 4) is 0 Å². The molecule has 2 heterocycles. The van der Waals surface area contributed by atoms with E-state index in [1.54, 1.807) is 18.3 Å². The number of pyridine rings is 1. The summed E-state index contributed by atoms with van der Waals surface area (Å²) in [5.41, 5.74) is 0.686. The molecule has 1 fully saturated rings. The first kappa shape index (κ1) is 23.3. The van der Waals surface area contributed by atoms with Crippen LogP contribution in [0.3, 0.4) is 0 Å². The van der Waals surface area contributed by atoms with E-state index in [1.165, 1.54) is 12.1 Å². The molecule has 1 saturated heterocycles. The van der Waals surface area contributed by atoms with E-state index in [1.807, 2.05) is 6.07 Å². The monoisotopic (exact) mass is 451 g/mol. The van der Waals surface area contributed by atoms with Crippen LogP contribution in [0.5, 0.6) is 0 Å². The third kappa shape index (κ3) is 6.79. The second kappa shape index (κ2) is 10.8. The van der Waals surface area contributed by atoms with Crippen LogP contribution in [-0.4, -0.2) is 55.8 Å². The van der Waals surface area contributed by atoms with E-state index in [9.17, 15) is 22.7 Å². The Kier molecular flexibility index (Phi) is 8.08. The largest absolute Gasteiger partial charge is 0.394 e. The summed E-state index contributed by atoms with van der Waals surface area (Å²) in [4.78, 5) is 16.1. The van der Waals surface area contributed by atoms with Gasteiger partial charge in [0.2, 0.25) is 15.9 Å². The Morgan fingerprint density at radius 1 is 1.19 bits per heavy atom. The Hall–Kier alpha value is -2.40. The Balaban J connectivity index is 1.46. The molecular formula is C21H26FN3O5S. The van der Waals surface area contributed by atoms with Crippen LogP contribution in [-0.2, 0) is 26.0 Å². The zero-order valence-electron chi connectivity index (χ0n) is 16.9. The molecule has 1 aromatic heterocycles. The van der Waals surface area contributed by atoms with Crippen molar-refractivity contribution in [2.75, 3.05) is 13.2 Å². The van der Waals surface area contributed by atoms with Crippen LogP contribution < -0.4 is 10.0 Å². The maximum atomic E-state index is 13.1. The molecule has 0 spiro atoms. The van der Waals surface area contributed by atoms with E-state index in [-0.39, 0.29) is 29.9 Å². The van der Waals surface area contributed by atoms with Crippen LogP contribution >= 0.6 is 0 Å². The van der Waals surface area contributed by atoms with Gasteiger partial charge in [0.15, 0.2) is 0 Å². The zero-order valence-corrected chi connectivity index (χ0v) is 17.7. The number of hydrogen-bond donors (Lipinski definition) is 3. The van der Waals surface area contributed by atoms with E-state index < -0.39 is 28.0 Å². The van der Waals surface area contributed by atoms with Crippen molar-refractivity contribution in [2.45, 2.75) is 48.8 Å². The van der Waals surface area contributed by atoms with Gasteiger partial charge in [-0.05, 0) is 55.7 Å². The lowest BCUT2D eigenvalue weighted by atomic mass is 9.98. The van der Waals surface area contributed by atoms with Crippen molar-refractivity contribution in [3.63, 3.8) is 0 Å². The molecule has 0 aliphatic carbocycles. The van der Waals surface area contributed by atoms with E-state index in [2.05, 4.69) is 15.0 Å². The summed E-state index contributed by atoms with van der Waals surface area (Å²) in [5.74, 6) is -0.665. The molecule has 1 aliphatic heterocycles. The van der Waals surface area contributed by atoms with Crippen LogP contribution in [0.2, 0.25) is 0 Å². The highest BCUT2D eigenvalue weighted by Crippen LogP contribution is 2.23. The van der Waals surface area contributed by atoms with Crippen molar-refractivity contribution in [2.24, 2.45) is 0 Å². The van der Waals surface area contributed by atoms with Crippen molar-refractivity contribution < 1.29 is 27.4 Å². The molecule has 3 N–H and O–H groups in total. The molecule has 168 valence electrons. The standard InChI is InChI=1S/C21H26FN3O5S/c22-15-4-7-18(8-5-15)31(28,29)25-19-9-6-17(30-20(19)14-26)10-12-24-21(27)13-16-3-1-2-11-23-16/h1-5,7-8,11,17,19-20,25-26H,6,9-10,12-14H2,(H,24,27)/t17-,19-,20+/m0/s1. The number of amides is 1. The van der Waals surface area contributed by atoms with Gasteiger partial charge in [0.25, 0.3) is 0 Å². The van der Waals surface area contributed by atoms with E-state index in [4.69, 9.17) is 4.74 Å². The fourth-order valence-electron chi connectivity index (χ4n) is 3.46. The van der Waals surface area contributed by atoms with Crippen LogP contribution in [0.15, 0.2) is 53.6 Å². The average Bonchev–Trinajstić information content (AvgIpc) is 2.75. The minimum absolute atomic E-state index is 0.0525. The number of nitrogens with one attached hydrogen (secondary N) is 2. The molecule has 2 aromatic rings. The predicted octanol–water partition coefficient (Wildman–Crippen LogP) is 1.16. The topological polar surface area (TPSA) is 118 Å². The molecule has 0 saturated carbocycles. The van der Waals surface area contributed by atoms with Crippen molar-refractivity contribution >= 4 is 15.9 Å². The van der Waals surface area contributed by atoms with Crippen LogP contribution in [0.4, 0.5) is 4.39 Å². The lowest BCUT2D eigenvalue weighted by molar-refractivity contribution is -0.121. The number of aromatic nitrogens is 1. The predicted molar refractivity (Wildman–Crippen MR) is 111 cm³/mol. The molecule has 31 heavy (non-hydrogen) atoms. The molecular weight excluding hydrogens is 425 g/mol. The summed E-state index contributed by atoms with van der Waals surface area (Å²) in [6.07, 6.45) is 2.49. The second-order valence-electron chi connectivity index (χ2n) is 7.37. The molecule has 0 unspecified atom stereocenters. The Morgan fingerprint density at radius 2 is 1.97 bits per heavy atom. The van der Waals surface area contributed by atoms with Gasteiger partial charge in [-0.2, -0.15) is 0 Å². The van der Waals surface area contributed by atoms with E-state index in [0.717, 1.165) is 12.1 Å². The number of aliphatic hydroxyl groups excluding tert-OH is 1. The molecule has 3 atom stereocenters. The highest BCUT2D eigenvalue weighted by molar-refractivity contribution is 7.89. The number of nitrogens with zero attached hydrogens (tertiary/aromatic N) is 1. The molecule has 1 aliphatic rings. The summed E-state index contributed by atoms with van der Waals surface area (Å²) >= 11 is 0. The minimum Gasteiger partial charge on any atom is -0.394 e. The summed E-state index contributed by atoms with van der Waals surface area (Å²) in [6, 6.07) is 9.31. The molecule has 1 aromatic carbocycles. The van der Waals surface area contributed by atoms with E-state index >= 15 is 0 Å². The second-order valence-corrected chi connectivity index (χ2v) is 9.09. The third-order valence-electron chi connectivity index (χ3n) is 5.08. The number of aliphatic hydroxyl groups is 1. The van der Waals surface area contributed by atoms with Crippen LogP contribution in [0.25, 0.3) is 0 Å². The Labute approximate surface area is 180 Å². The molecule has 0 bridgehead atoms. The number of sulfonamides is 1. The molecule has 0 radical (unpaired) electrons. The van der Waals surface area contributed by atoms with E-state index in [0.29, 0.717) is 31.5 Å². The molecule has 3 rings (SSSR count). The van der Waals surface area contributed by atoms with Gasteiger partial charge >= 0.3 is 0 Å². The van der Waals surface area contributed by atoms with Crippen molar-refractivity contribution in [1.82, 2.24) is 15.0 Å². The molecule has 10 heteroatoms. The fraction of sp³-hybridized carbons (Fsp3) is 0.429. The quantitative estimate of drug-likeness (QED) is 0.527. The van der Waals surface area contributed by atoms with Crippen molar-refractivity contribution in [3.05, 3.63) is 60.2 Å². The third-order valence-corrected chi connectivity index (χ3v) is 6.59. The van der Waals surface area contributed by atoms with Gasteiger partial charge in [-0.3, -0.25) is 9.78 Å². The molecule has 1 amide bonds. The Bertz CT molecular complexity index is 957. The number of carbonyl (C=O) groups is 1. The number of carbonyl (C=O) groups excluding carboxylic acids is 1. The van der Waals surface area contributed by atoms with Crippen LogP contribution in [0, 0.1) is 5.82 Å². The summed E-state index contributed by atoms with van der Waals surface area (Å²) < 4.78 is 46.5. The first-order valence-corrected chi connectivity index (χ1v) is 11.6. The lowest BCUT2D eigenvalue weighted by Gasteiger charge is -2.36. The SMILES string of the molecule is O=C(Cc1ccccn1)NCC[C@@H]1CC[C@H](NS(=O)(=O)c2ccc(F)cc2)[C@@H](CO)O1. The number of benzene rings is 1. The molecule has 8 nitrogen and oxygen atoms in total. The van der Waals surface area contributed by atoms with Gasteiger partial charge in [-0.1, -0.05) is 6.07 Å². The number of hydrogen-bond acceptors (Lipinski definition) is 6. The Morgan fingerprint density at radius 3 is 2.65 bits per heavy atom. The maximum Gasteiger partial charge on any atom is 0.240 e. The highest BCUT2D eigenvalue weighted by atomic mass is 32.2. The van der Waals surface area contributed by atoms with Gasteiger partial charge in [-0.25, -0.2) is 17.5 Å². The lowest BCUT2D eigenvalue weighted by Crippen LogP contribution is -2.51. The van der Waals surface area contributed by atoms with Gasteiger partial charge in [0, 0.05) is 18.4 Å². The van der Waals surface area contributed by atoms with Crippen LogP contribution in [0.1, 0.15) is 25.0 Å². The average molecular weight is 452 g/mol. The highest BCUT2D eigenvalue weighted by Gasteiger charge is 2.33. The van der Waals surface area contributed by atoms with Gasteiger partial charge in [-0.15, -0.1) is 0 Å². The van der Waals surface area contributed by atoms with Gasteiger partial charge in [0.05, 0.1) is 36.2 Å². The minimum atomic E-state index is -3.87. The smallest absolute Gasteiger partial charge is 0.240 e. The number of halogens is 1. The van der Waals surface area contributed by atoms with Gasteiger partial charge < -0.3 is 15.2 Å². The summed E-state index contributed by atoms with van der Waals surface area (Å²) in [5, 5.41) is 12.5. The number of ether oxygens (including phenoxy) is 1.